The summed E-state index contributed by atoms with van der Waals surface area (Å²) in [5.74, 6) is -10.1. The van der Waals surface area contributed by atoms with Gasteiger partial charge in [-0.1, -0.05) is 0 Å². The summed E-state index contributed by atoms with van der Waals surface area (Å²) in [4.78, 5) is 112. The topological polar surface area (TPSA) is 716 Å². The molecule has 0 aliphatic heterocycles. The Balaban J connectivity index is -0.0000000196. The van der Waals surface area contributed by atoms with Crippen LogP contribution in [0.15, 0.2) is 36.4 Å². The van der Waals surface area contributed by atoms with Gasteiger partial charge in [-0.3, -0.25) is 0 Å². The molecular weight excluding hydrogens is 1350 g/mol. The standard InChI is InChI=1S/2C9H6O6.6CH2O2.4H2O.4O.6Zr/c2*10-7(11)4-1-5(8(12)13)3-6(2-4)9(14)15;6*2-1-3;;;;;;;;;;;;;;/h2*1-3H,(H,10,11)(H,12,13)(H,14,15);6*1H,(H,2,3);4*1H2;;;;;;;;;;/q;;;;;;;;;;;;4*-2;6*+4/p-16. The van der Waals surface area contributed by atoms with Crippen molar-refractivity contribution in [2.75, 3.05) is 0 Å². The van der Waals surface area contributed by atoms with E-state index in [1.807, 2.05) is 0 Å². The van der Waals surface area contributed by atoms with Gasteiger partial charge in [0.05, 0.1) is 35.8 Å². The number of rotatable bonds is 6. The SMILES string of the molecule is O=C([O-])c1cc(C(=O)[O-])cc(C(=O)[O-])c1.O=C([O-])c1cc(C(=O)[O-])cc(C(=O)[O-])c1.O=C[O-].O=C[O-].O=C[O-].O=C[O-].O=C[O-].O=C[O-].[O-2].[O-2].[O-2].[O-2].[OH-].[OH-].[OH-].[OH-].[Zr+4].[Zr+4].[Zr+4].[Zr+4].[Zr+4].[Zr+4]. The van der Waals surface area contributed by atoms with Crippen LogP contribution < -0.4 is 61.3 Å². The average molecular weight is 1360 g/mol. The fourth-order valence-corrected chi connectivity index (χ4v) is 1.96. The van der Waals surface area contributed by atoms with E-state index in [2.05, 4.69) is 0 Å². The zero-order valence-corrected chi connectivity index (χ0v) is 43.9. The zero-order valence-electron chi connectivity index (χ0n) is 29.1. The van der Waals surface area contributed by atoms with Crippen LogP contribution in [0, 0.1) is 0 Å². The van der Waals surface area contributed by atoms with Crippen molar-refractivity contribution in [1.82, 2.24) is 0 Å². The van der Waals surface area contributed by atoms with Gasteiger partial charge in [0.15, 0.2) is 0 Å². The Morgan fingerprint density at radius 1 is 0.274 bits per heavy atom. The van der Waals surface area contributed by atoms with Crippen LogP contribution >= 0.6 is 0 Å². The van der Waals surface area contributed by atoms with E-state index in [1.165, 1.54) is 0 Å². The molecule has 0 saturated carbocycles. The minimum Gasteiger partial charge on any atom is -2.00 e. The summed E-state index contributed by atoms with van der Waals surface area (Å²) in [6, 6.07) is 4.48. The summed E-state index contributed by atoms with van der Waals surface area (Å²) in [6.07, 6.45) is 0. The molecule has 0 radical (unpaired) electrons. The summed E-state index contributed by atoms with van der Waals surface area (Å²) in [6.45, 7) is -3.00. The molecule has 0 saturated heterocycles. The Bertz CT molecular complexity index is 1110. The summed E-state index contributed by atoms with van der Waals surface area (Å²) in [5, 5.41) is 112. The van der Waals surface area contributed by atoms with Crippen molar-refractivity contribution < 1.29 is 320 Å². The number of hydrogen-bond donors (Lipinski definition) is 0. The number of carbonyl (C=O) groups excluding carboxylic acids is 12. The summed E-state index contributed by atoms with van der Waals surface area (Å²) >= 11 is 0. The zero-order chi connectivity index (χ0) is 39.4. The molecule has 0 aliphatic carbocycles. The van der Waals surface area contributed by atoms with Crippen LogP contribution in [0.25, 0.3) is 0 Å². The molecule has 0 fully saturated rings. The number of carbonyl (C=O) groups is 12. The first-order valence-corrected chi connectivity index (χ1v) is 10.2. The number of carboxylic acids is 6. The van der Waals surface area contributed by atoms with Crippen molar-refractivity contribution in [3.05, 3.63) is 69.8 Å². The van der Waals surface area contributed by atoms with Crippen LogP contribution in [0.1, 0.15) is 62.1 Å². The molecule has 62 heavy (non-hydrogen) atoms. The van der Waals surface area contributed by atoms with Crippen molar-refractivity contribution >= 4 is 74.6 Å². The maximum Gasteiger partial charge on any atom is 4.00 e. The fraction of sp³-hybridized carbons (Fsp3) is 0. The van der Waals surface area contributed by atoms with Gasteiger partial charge in [-0.15, -0.1) is 0 Å². The van der Waals surface area contributed by atoms with E-state index < -0.39 is 108 Å². The first kappa shape index (κ1) is 130. The smallest absolute Gasteiger partial charge is 2.00 e. The Hall–Kier alpha value is -2.94. The van der Waals surface area contributed by atoms with Crippen LogP contribution in [0.4, 0.5) is 0 Å². The molecule has 0 aliphatic rings. The van der Waals surface area contributed by atoms with Crippen molar-refractivity contribution in [2.24, 2.45) is 0 Å². The molecule has 4 N–H and O–H groups in total. The minimum atomic E-state index is -1.68. The van der Waals surface area contributed by atoms with Crippen LogP contribution in [-0.2, 0) is 208 Å². The van der Waals surface area contributed by atoms with Crippen molar-refractivity contribution in [3.8, 4) is 0 Å². The molecule has 0 aromatic heterocycles. The molecule has 2 aromatic carbocycles. The van der Waals surface area contributed by atoms with Crippen LogP contribution in [-0.4, -0.2) is 96.6 Å². The summed E-state index contributed by atoms with van der Waals surface area (Å²) < 4.78 is 0. The van der Waals surface area contributed by atoms with E-state index in [9.17, 15) is 59.4 Å². The molecule has 328 valence electrons. The van der Waals surface area contributed by atoms with Gasteiger partial charge in [-0.05, 0) is 69.8 Å². The minimum absolute atomic E-state index is 0. The van der Waals surface area contributed by atoms with Crippen molar-refractivity contribution in [3.63, 3.8) is 0 Å². The van der Waals surface area contributed by atoms with E-state index in [4.69, 9.17) is 59.4 Å². The Labute approximate surface area is 459 Å². The molecule has 0 spiro atoms. The third-order valence-corrected chi connectivity index (χ3v) is 3.28. The van der Waals surface area contributed by atoms with Gasteiger partial charge < -0.3 is 163 Å². The van der Waals surface area contributed by atoms with Gasteiger partial charge in [0, 0.05) is 38.8 Å². The molecule has 0 atom stereocenters. The first-order chi connectivity index (χ1) is 22.3. The van der Waals surface area contributed by atoms with Crippen LogP contribution in [0.2, 0.25) is 0 Å². The quantitative estimate of drug-likeness (QED) is 0.242. The number of benzene rings is 2. The Kier molecular flexibility index (Phi) is 196. The second-order valence-electron chi connectivity index (χ2n) is 5.90. The van der Waals surface area contributed by atoms with Gasteiger partial charge in [0.25, 0.3) is 0 Å². The van der Waals surface area contributed by atoms with Gasteiger partial charge in [0.2, 0.25) is 0 Å². The van der Waals surface area contributed by atoms with Gasteiger partial charge in [-0.25, -0.2) is 0 Å². The fourth-order valence-electron chi connectivity index (χ4n) is 1.96. The molecule has 0 amide bonds. The molecule has 0 heterocycles. The second kappa shape index (κ2) is 93.1. The van der Waals surface area contributed by atoms with E-state index >= 15 is 0 Å². The number of hydrogen-bond acceptors (Lipinski definition) is 28. The molecule has 0 unspecified atom stereocenters. The predicted molar refractivity (Wildman–Crippen MR) is 126 cm³/mol. The van der Waals surface area contributed by atoms with Crippen LogP contribution in [0.5, 0.6) is 0 Å². The van der Waals surface area contributed by atoms with E-state index in [0.29, 0.717) is 0 Å². The molecule has 2 rings (SSSR count). The molecular formula is C24H16O32Zr6. The van der Waals surface area contributed by atoms with E-state index in [-0.39, 0.29) is 201 Å². The van der Waals surface area contributed by atoms with E-state index in [0.717, 1.165) is 36.4 Å². The first-order valence-electron chi connectivity index (χ1n) is 10.2. The van der Waals surface area contributed by atoms with Crippen molar-refractivity contribution in [2.45, 2.75) is 0 Å². The Morgan fingerprint density at radius 3 is 0.355 bits per heavy atom. The second-order valence-corrected chi connectivity index (χ2v) is 5.90. The summed E-state index contributed by atoms with van der Waals surface area (Å²) in [5.41, 5.74) is -3.36. The average Bonchev–Trinajstić information content (AvgIpc) is 2.99. The molecule has 32 nitrogen and oxygen atoms in total. The third-order valence-electron chi connectivity index (χ3n) is 3.28. The Morgan fingerprint density at radius 2 is 0.323 bits per heavy atom. The molecule has 38 heteroatoms. The van der Waals surface area contributed by atoms with Crippen molar-refractivity contribution in [1.29, 1.82) is 0 Å². The largest absolute Gasteiger partial charge is 4.00 e. The van der Waals surface area contributed by atoms with Crippen LogP contribution in [0.3, 0.4) is 0 Å². The molecule has 2 aromatic rings. The van der Waals surface area contributed by atoms with Gasteiger partial charge in [-0.2, -0.15) is 0 Å². The van der Waals surface area contributed by atoms with Gasteiger partial charge in [0.1, 0.15) is 0 Å². The third kappa shape index (κ3) is 88.3. The monoisotopic (exact) mass is 1360 g/mol. The summed E-state index contributed by atoms with van der Waals surface area (Å²) in [7, 11) is 0. The van der Waals surface area contributed by atoms with Gasteiger partial charge >= 0.3 is 157 Å². The normalized spacial score (nSPS) is 5.81. The number of aromatic carboxylic acids is 6. The number of carboxylic acid groups (broad SMARTS) is 12. The predicted octanol–water partition coefficient (Wildman–Crippen LogP) is -17.4. The maximum atomic E-state index is 10.4. The van der Waals surface area contributed by atoms with E-state index in [1.54, 1.807) is 0 Å². The molecule has 0 bridgehead atoms. The maximum absolute atomic E-state index is 10.4.